The van der Waals surface area contributed by atoms with E-state index in [1.165, 1.54) is 6.92 Å². The number of hydrogen-bond donors (Lipinski definition) is 2. The Hall–Kier alpha value is -3.15. The molecule has 2 amide bonds. The van der Waals surface area contributed by atoms with Crippen molar-refractivity contribution in [3.63, 3.8) is 0 Å². The highest BCUT2D eigenvalue weighted by molar-refractivity contribution is 6.02. The maximum atomic E-state index is 12.3. The molecule has 0 aliphatic carbocycles. The summed E-state index contributed by atoms with van der Waals surface area (Å²) < 4.78 is 5.10. The molecule has 1 unspecified atom stereocenters. The van der Waals surface area contributed by atoms with Crippen LogP contribution in [0.4, 0.5) is 5.69 Å². The second-order valence-corrected chi connectivity index (χ2v) is 5.95. The molecule has 0 spiro atoms. The third kappa shape index (κ3) is 5.17. The Morgan fingerprint density at radius 3 is 2.38 bits per heavy atom. The molecule has 6 nitrogen and oxygen atoms in total. The number of carbonyl (C=O) groups excluding carboxylic acids is 3. The van der Waals surface area contributed by atoms with Crippen molar-refractivity contribution in [3.8, 4) is 0 Å². The molecule has 6 heteroatoms. The van der Waals surface area contributed by atoms with Crippen LogP contribution in [0.25, 0.3) is 0 Å². The highest BCUT2D eigenvalue weighted by Crippen LogP contribution is 2.21. The van der Waals surface area contributed by atoms with Gasteiger partial charge in [-0.05, 0) is 31.0 Å². The number of esters is 1. The van der Waals surface area contributed by atoms with Crippen LogP contribution in [0, 0.1) is 6.92 Å². The molecule has 0 radical (unpaired) electrons. The van der Waals surface area contributed by atoms with Crippen molar-refractivity contribution in [3.05, 3.63) is 65.2 Å². The van der Waals surface area contributed by atoms with Gasteiger partial charge in [-0.1, -0.05) is 42.5 Å². The van der Waals surface area contributed by atoms with Crippen LogP contribution in [0.5, 0.6) is 0 Å². The monoisotopic (exact) mass is 354 g/mol. The lowest BCUT2D eigenvalue weighted by Gasteiger charge is -2.15. The summed E-state index contributed by atoms with van der Waals surface area (Å²) >= 11 is 0. The summed E-state index contributed by atoms with van der Waals surface area (Å²) in [6, 6.07) is 14.3. The van der Waals surface area contributed by atoms with Crippen LogP contribution < -0.4 is 10.6 Å². The Labute approximate surface area is 152 Å². The molecular weight excluding hydrogens is 332 g/mol. The zero-order valence-corrected chi connectivity index (χ0v) is 15.0. The molecule has 0 aliphatic heterocycles. The van der Waals surface area contributed by atoms with Gasteiger partial charge in [0.2, 0.25) is 5.91 Å². The number of carbonyl (C=O) groups is 3. The van der Waals surface area contributed by atoms with Crippen LogP contribution in [0.2, 0.25) is 0 Å². The third-order valence-electron chi connectivity index (χ3n) is 3.81. The van der Waals surface area contributed by atoms with E-state index in [4.69, 9.17) is 4.74 Å². The largest absolute Gasteiger partial charge is 0.452 e. The van der Waals surface area contributed by atoms with Crippen LogP contribution >= 0.6 is 0 Å². The molecular formula is C20H22N2O4. The molecule has 0 aliphatic rings. The number of para-hydroxylation sites is 1. The maximum Gasteiger partial charge on any atom is 0.340 e. The fourth-order valence-electron chi connectivity index (χ4n) is 2.50. The standard InChI is InChI=1S/C20H22N2O4/c1-13-8-7-11-17(19(13)22-15(3)23)20(25)26-12-18(24)21-14(2)16-9-5-4-6-10-16/h4-11,14H,12H2,1-3H3,(H,21,24)(H,22,23). The zero-order chi connectivity index (χ0) is 19.1. The van der Waals surface area contributed by atoms with Gasteiger partial charge in [-0.15, -0.1) is 0 Å². The fraction of sp³-hybridized carbons (Fsp3) is 0.250. The van der Waals surface area contributed by atoms with Crippen molar-refractivity contribution >= 4 is 23.5 Å². The predicted molar refractivity (Wildman–Crippen MR) is 98.8 cm³/mol. The average Bonchev–Trinajstić information content (AvgIpc) is 2.61. The molecule has 0 aromatic heterocycles. The number of rotatable bonds is 6. The molecule has 2 N–H and O–H groups in total. The number of ether oxygens (including phenoxy) is 1. The number of benzene rings is 2. The van der Waals surface area contributed by atoms with Crippen LogP contribution in [0.15, 0.2) is 48.5 Å². The Balaban J connectivity index is 1.97. The van der Waals surface area contributed by atoms with E-state index >= 15 is 0 Å². The predicted octanol–water partition coefficient (Wildman–Crippen LogP) is 2.99. The van der Waals surface area contributed by atoms with E-state index in [0.29, 0.717) is 5.69 Å². The van der Waals surface area contributed by atoms with Crippen LogP contribution in [-0.2, 0) is 14.3 Å². The summed E-state index contributed by atoms with van der Waals surface area (Å²) in [5.74, 6) is -1.36. The number of amides is 2. The molecule has 0 fully saturated rings. The van der Waals surface area contributed by atoms with Crippen molar-refractivity contribution in [1.82, 2.24) is 5.32 Å². The van der Waals surface area contributed by atoms with Gasteiger partial charge in [0.1, 0.15) is 0 Å². The van der Waals surface area contributed by atoms with Gasteiger partial charge in [-0.3, -0.25) is 9.59 Å². The van der Waals surface area contributed by atoms with Gasteiger partial charge in [0.25, 0.3) is 5.91 Å². The van der Waals surface area contributed by atoms with E-state index in [2.05, 4.69) is 10.6 Å². The van der Waals surface area contributed by atoms with Gasteiger partial charge >= 0.3 is 5.97 Å². The van der Waals surface area contributed by atoms with Crippen molar-refractivity contribution in [1.29, 1.82) is 0 Å². The molecule has 136 valence electrons. The van der Waals surface area contributed by atoms with Crippen molar-refractivity contribution in [2.45, 2.75) is 26.8 Å². The van der Waals surface area contributed by atoms with Crippen LogP contribution in [0.1, 0.15) is 41.4 Å². The molecule has 1 atom stereocenters. The number of nitrogens with one attached hydrogen (secondary N) is 2. The first-order chi connectivity index (χ1) is 12.4. The van der Waals surface area contributed by atoms with Gasteiger partial charge in [0.05, 0.1) is 17.3 Å². The highest BCUT2D eigenvalue weighted by Gasteiger charge is 2.17. The first-order valence-electron chi connectivity index (χ1n) is 8.27. The average molecular weight is 354 g/mol. The van der Waals surface area contributed by atoms with Crippen molar-refractivity contribution in [2.24, 2.45) is 0 Å². The van der Waals surface area contributed by atoms with Gasteiger partial charge in [-0.25, -0.2) is 4.79 Å². The minimum absolute atomic E-state index is 0.198. The Morgan fingerprint density at radius 1 is 1.04 bits per heavy atom. The molecule has 2 rings (SSSR count). The molecule has 0 heterocycles. The first kappa shape index (κ1) is 19.2. The van der Waals surface area contributed by atoms with Gasteiger partial charge < -0.3 is 15.4 Å². The Bertz CT molecular complexity index is 803. The van der Waals surface area contributed by atoms with E-state index in [-0.39, 0.29) is 17.5 Å². The molecule has 2 aromatic rings. The number of anilines is 1. The molecule has 26 heavy (non-hydrogen) atoms. The zero-order valence-electron chi connectivity index (χ0n) is 15.0. The van der Waals surface area contributed by atoms with E-state index < -0.39 is 18.5 Å². The van der Waals surface area contributed by atoms with Gasteiger partial charge in [0, 0.05) is 6.92 Å². The van der Waals surface area contributed by atoms with E-state index in [0.717, 1.165) is 11.1 Å². The summed E-state index contributed by atoms with van der Waals surface area (Å²) in [7, 11) is 0. The topological polar surface area (TPSA) is 84.5 Å². The Morgan fingerprint density at radius 2 is 1.73 bits per heavy atom. The van der Waals surface area contributed by atoms with Gasteiger partial charge in [-0.2, -0.15) is 0 Å². The summed E-state index contributed by atoms with van der Waals surface area (Å²) in [4.78, 5) is 35.7. The lowest BCUT2D eigenvalue weighted by Crippen LogP contribution is -2.31. The highest BCUT2D eigenvalue weighted by atomic mass is 16.5. The second kappa shape index (κ2) is 8.80. The maximum absolute atomic E-state index is 12.3. The smallest absolute Gasteiger partial charge is 0.340 e. The molecule has 0 bridgehead atoms. The number of aryl methyl sites for hydroxylation is 1. The summed E-state index contributed by atoms with van der Waals surface area (Å²) in [6.07, 6.45) is 0. The van der Waals surface area contributed by atoms with Gasteiger partial charge in [0.15, 0.2) is 6.61 Å². The van der Waals surface area contributed by atoms with E-state index in [9.17, 15) is 14.4 Å². The van der Waals surface area contributed by atoms with E-state index in [1.807, 2.05) is 37.3 Å². The van der Waals surface area contributed by atoms with Crippen LogP contribution in [0.3, 0.4) is 0 Å². The fourth-order valence-corrected chi connectivity index (χ4v) is 2.50. The minimum Gasteiger partial charge on any atom is -0.452 e. The lowest BCUT2D eigenvalue weighted by atomic mass is 10.1. The van der Waals surface area contributed by atoms with Crippen molar-refractivity contribution < 1.29 is 19.1 Å². The van der Waals surface area contributed by atoms with Crippen LogP contribution in [-0.4, -0.2) is 24.4 Å². The quantitative estimate of drug-likeness (QED) is 0.781. The SMILES string of the molecule is CC(=O)Nc1c(C)cccc1C(=O)OCC(=O)NC(C)c1ccccc1. The normalized spacial score (nSPS) is 11.3. The lowest BCUT2D eigenvalue weighted by molar-refractivity contribution is -0.124. The first-order valence-corrected chi connectivity index (χ1v) is 8.27. The summed E-state index contributed by atoms with van der Waals surface area (Å²) in [5.41, 5.74) is 2.29. The third-order valence-corrected chi connectivity index (χ3v) is 3.81. The number of hydrogen-bond acceptors (Lipinski definition) is 4. The van der Waals surface area contributed by atoms with E-state index in [1.54, 1.807) is 25.1 Å². The second-order valence-electron chi connectivity index (χ2n) is 5.95. The van der Waals surface area contributed by atoms with Crippen molar-refractivity contribution in [2.75, 3.05) is 11.9 Å². The molecule has 0 saturated carbocycles. The molecule has 2 aromatic carbocycles. The minimum atomic E-state index is -0.667. The Kier molecular flexibility index (Phi) is 6.49. The molecule has 0 saturated heterocycles. The summed E-state index contributed by atoms with van der Waals surface area (Å²) in [5, 5.41) is 5.40. The summed E-state index contributed by atoms with van der Waals surface area (Å²) in [6.45, 7) is 4.59.